The van der Waals surface area contributed by atoms with Crippen LogP contribution < -0.4 is 4.90 Å². The molecule has 0 spiro atoms. The maximum absolute atomic E-state index is 13.9. The molecule has 1 heterocycles. The Morgan fingerprint density at radius 3 is 2.35 bits per heavy atom. The highest BCUT2D eigenvalue weighted by Gasteiger charge is 2.27. The second-order valence-electron chi connectivity index (χ2n) is 6.44. The first-order valence-corrected chi connectivity index (χ1v) is 8.70. The first-order valence-electron chi connectivity index (χ1n) is 8.70. The van der Waals surface area contributed by atoms with Crippen molar-refractivity contribution in [2.24, 2.45) is 0 Å². The molecule has 1 aliphatic rings. The maximum Gasteiger partial charge on any atom is 0.257 e. The first kappa shape index (κ1) is 18.3. The van der Waals surface area contributed by atoms with Gasteiger partial charge in [-0.2, -0.15) is 0 Å². The lowest BCUT2D eigenvalue weighted by molar-refractivity contribution is 0.0740. The van der Waals surface area contributed by atoms with E-state index in [1.165, 1.54) is 21.7 Å². The molecule has 2 aromatic rings. The summed E-state index contributed by atoms with van der Waals surface area (Å²) in [6.45, 7) is 6.17. The van der Waals surface area contributed by atoms with Gasteiger partial charge in [0.2, 0.25) is 0 Å². The van der Waals surface area contributed by atoms with Crippen molar-refractivity contribution in [1.29, 1.82) is 0 Å². The fourth-order valence-corrected chi connectivity index (χ4v) is 3.45. The summed E-state index contributed by atoms with van der Waals surface area (Å²) in [5.41, 5.74) is 3.18. The number of para-hydroxylation sites is 1. The molecule has 0 saturated carbocycles. The van der Waals surface area contributed by atoms with E-state index < -0.39 is 28.9 Å². The predicted molar refractivity (Wildman–Crippen MR) is 95.0 cm³/mol. The number of anilines is 1. The van der Waals surface area contributed by atoms with Crippen LogP contribution in [0.5, 0.6) is 0 Å². The van der Waals surface area contributed by atoms with Gasteiger partial charge in [0.05, 0.1) is 5.56 Å². The summed E-state index contributed by atoms with van der Waals surface area (Å²) in [6.07, 6.45) is 0.913. The summed E-state index contributed by atoms with van der Waals surface area (Å²) in [5.74, 6) is -4.94. The van der Waals surface area contributed by atoms with Gasteiger partial charge in [-0.05, 0) is 36.6 Å². The Balaban J connectivity index is 1.75. The van der Waals surface area contributed by atoms with Gasteiger partial charge in [0, 0.05) is 31.9 Å². The molecule has 1 saturated heterocycles. The monoisotopic (exact) mass is 362 g/mol. The molecular formula is C20H21F3N2O. The normalized spacial score (nSPS) is 14.7. The molecule has 0 unspecified atom stereocenters. The molecule has 3 nitrogen and oxygen atoms in total. The number of amides is 1. The highest BCUT2D eigenvalue weighted by atomic mass is 19.2. The SMILES string of the molecule is CCc1cccc(C)c1N1CCN(C(=O)c2ccc(F)c(F)c2F)CC1. The highest BCUT2D eigenvalue weighted by Crippen LogP contribution is 2.27. The summed E-state index contributed by atoms with van der Waals surface area (Å²) in [6, 6.07) is 7.96. The van der Waals surface area contributed by atoms with Crippen molar-refractivity contribution < 1.29 is 18.0 Å². The largest absolute Gasteiger partial charge is 0.368 e. The molecule has 0 radical (unpaired) electrons. The standard InChI is InChI=1S/C20H21F3N2O/c1-3-14-6-4-5-13(2)19(14)24-9-11-25(12-10-24)20(26)15-7-8-16(21)18(23)17(15)22/h4-8H,3,9-12H2,1-2H3. The number of aryl methyl sites for hydroxylation is 2. The molecule has 0 N–H and O–H groups in total. The lowest BCUT2D eigenvalue weighted by atomic mass is 10.0. The zero-order chi connectivity index (χ0) is 18.8. The van der Waals surface area contributed by atoms with E-state index >= 15 is 0 Å². The van der Waals surface area contributed by atoms with Crippen LogP contribution in [-0.4, -0.2) is 37.0 Å². The van der Waals surface area contributed by atoms with Crippen molar-refractivity contribution in [2.45, 2.75) is 20.3 Å². The molecule has 138 valence electrons. The minimum atomic E-state index is -1.61. The van der Waals surface area contributed by atoms with Crippen LogP contribution >= 0.6 is 0 Å². The number of halogens is 3. The van der Waals surface area contributed by atoms with E-state index in [4.69, 9.17) is 0 Å². The van der Waals surface area contributed by atoms with Gasteiger partial charge in [0.1, 0.15) is 0 Å². The van der Waals surface area contributed by atoms with Crippen LogP contribution in [0.15, 0.2) is 30.3 Å². The maximum atomic E-state index is 13.9. The Bertz CT molecular complexity index is 830. The smallest absolute Gasteiger partial charge is 0.257 e. The third-order valence-electron chi connectivity index (χ3n) is 4.85. The second kappa shape index (κ2) is 7.40. The van der Waals surface area contributed by atoms with Crippen LogP contribution in [0.25, 0.3) is 0 Å². The highest BCUT2D eigenvalue weighted by molar-refractivity contribution is 5.94. The second-order valence-corrected chi connectivity index (χ2v) is 6.44. The molecule has 26 heavy (non-hydrogen) atoms. The Labute approximate surface area is 151 Å². The Kier molecular flexibility index (Phi) is 5.20. The van der Waals surface area contributed by atoms with Gasteiger partial charge in [0.25, 0.3) is 5.91 Å². The number of benzene rings is 2. The van der Waals surface area contributed by atoms with Gasteiger partial charge < -0.3 is 9.80 Å². The third-order valence-corrected chi connectivity index (χ3v) is 4.85. The summed E-state index contributed by atoms with van der Waals surface area (Å²) >= 11 is 0. The van der Waals surface area contributed by atoms with E-state index in [1.54, 1.807) is 0 Å². The molecular weight excluding hydrogens is 341 g/mol. The van der Waals surface area contributed by atoms with E-state index in [9.17, 15) is 18.0 Å². The van der Waals surface area contributed by atoms with Crippen LogP contribution in [0.3, 0.4) is 0 Å². The van der Waals surface area contributed by atoms with E-state index in [0.717, 1.165) is 18.6 Å². The van der Waals surface area contributed by atoms with E-state index in [-0.39, 0.29) is 0 Å². The number of nitrogens with zero attached hydrogens (tertiary/aromatic N) is 2. The summed E-state index contributed by atoms with van der Waals surface area (Å²) in [4.78, 5) is 16.2. The lowest BCUT2D eigenvalue weighted by Gasteiger charge is -2.37. The zero-order valence-electron chi connectivity index (χ0n) is 14.9. The molecule has 3 rings (SSSR count). The van der Waals surface area contributed by atoms with Crippen molar-refractivity contribution in [1.82, 2.24) is 4.90 Å². The number of carbonyl (C=O) groups excluding carboxylic acids is 1. The van der Waals surface area contributed by atoms with Gasteiger partial charge >= 0.3 is 0 Å². The van der Waals surface area contributed by atoms with Crippen molar-refractivity contribution in [3.63, 3.8) is 0 Å². The number of carbonyl (C=O) groups is 1. The molecule has 1 aliphatic heterocycles. The van der Waals surface area contributed by atoms with Crippen LogP contribution in [0.4, 0.5) is 18.9 Å². The summed E-state index contributed by atoms with van der Waals surface area (Å²) in [7, 11) is 0. The van der Waals surface area contributed by atoms with E-state index in [1.807, 2.05) is 6.07 Å². The minimum Gasteiger partial charge on any atom is -0.368 e. The van der Waals surface area contributed by atoms with E-state index in [0.29, 0.717) is 26.2 Å². The quantitative estimate of drug-likeness (QED) is 0.773. The van der Waals surface area contributed by atoms with Crippen molar-refractivity contribution in [2.75, 3.05) is 31.1 Å². The van der Waals surface area contributed by atoms with Gasteiger partial charge in [-0.15, -0.1) is 0 Å². The molecule has 6 heteroatoms. The first-order chi connectivity index (χ1) is 12.4. The average Bonchev–Trinajstić information content (AvgIpc) is 2.65. The summed E-state index contributed by atoms with van der Waals surface area (Å²) in [5, 5.41) is 0. The Hall–Kier alpha value is -2.50. The van der Waals surface area contributed by atoms with Crippen LogP contribution in [0, 0.1) is 24.4 Å². The Morgan fingerprint density at radius 2 is 1.69 bits per heavy atom. The molecule has 2 aromatic carbocycles. The summed E-state index contributed by atoms with van der Waals surface area (Å²) < 4.78 is 40.4. The fourth-order valence-electron chi connectivity index (χ4n) is 3.45. The topological polar surface area (TPSA) is 23.6 Å². The fraction of sp³-hybridized carbons (Fsp3) is 0.350. The lowest BCUT2D eigenvalue weighted by Crippen LogP contribution is -2.49. The van der Waals surface area contributed by atoms with Gasteiger partial charge in [-0.1, -0.05) is 25.1 Å². The van der Waals surface area contributed by atoms with Gasteiger partial charge in [-0.3, -0.25) is 4.79 Å². The van der Waals surface area contributed by atoms with Crippen LogP contribution in [0.2, 0.25) is 0 Å². The number of hydrogen-bond acceptors (Lipinski definition) is 2. The van der Waals surface area contributed by atoms with Crippen LogP contribution in [0.1, 0.15) is 28.4 Å². The molecule has 0 aliphatic carbocycles. The van der Waals surface area contributed by atoms with Gasteiger partial charge in [0.15, 0.2) is 17.5 Å². The van der Waals surface area contributed by atoms with E-state index in [2.05, 4.69) is 30.9 Å². The van der Waals surface area contributed by atoms with Crippen molar-refractivity contribution >= 4 is 11.6 Å². The van der Waals surface area contributed by atoms with Crippen LogP contribution in [-0.2, 0) is 6.42 Å². The predicted octanol–water partition coefficient (Wildman–Crippen LogP) is 3.94. The number of rotatable bonds is 3. The average molecular weight is 362 g/mol. The third kappa shape index (κ3) is 3.28. The zero-order valence-corrected chi connectivity index (χ0v) is 14.9. The number of piperazine rings is 1. The molecule has 0 bridgehead atoms. The Morgan fingerprint density at radius 1 is 1.00 bits per heavy atom. The molecule has 1 amide bonds. The molecule has 0 atom stereocenters. The van der Waals surface area contributed by atoms with Gasteiger partial charge in [-0.25, -0.2) is 13.2 Å². The van der Waals surface area contributed by atoms with Crippen molar-refractivity contribution in [3.05, 3.63) is 64.5 Å². The molecule has 0 aromatic heterocycles. The van der Waals surface area contributed by atoms with Crippen molar-refractivity contribution in [3.8, 4) is 0 Å². The minimum absolute atomic E-state index is 0.398. The number of hydrogen-bond donors (Lipinski definition) is 0. The molecule has 1 fully saturated rings.